The van der Waals surface area contributed by atoms with Crippen LogP contribution in [0.15, 0.2) is 24.3 Å². The van der Waals surface area contributed by atoms with Crippen molar-refractivity contribution in [2.75, 3.05) is 13.7 Å². The highest BCUT2D eigenvalue weighted by molar-refractivity contribution is 6.00. The van der Waals surface area contributed by atoms with Crippen LogP contribution in [0, 0.1) is 17.2 Å². The number of nitriles is 1. The monoisotopic (exact) mass is 472 g/mol. The molecule has 11 heteroatoms. The van der Waals surface area contributed by atoms with Crippen molar-refractivity contribution < 1.29 is 22.7 Å². The number of halogens is 3. The third kappa shape index (κ3) is 3.40. The number of carbonyl (C=O) groups excluding carboxylic acids is 1. The SMILES string of the molecule is COc1cc(C(=O)N2C[C@H]3CC[C@@H]2[C@@H]3N)cc2nc(-c3ccc(C#N)n3CC(F)(F)F)n(C)c12. The molecule has 0 unspecified atom stereocenters. The summed E-state index contributed by atoms with van der Waals surface area (Å²) in [4.78, 5) is 19.7. The molecule has 2 bridgehead atoms. The summed E-state index contributed by atoms with van der Waals surface area (Å²) in [6.07, 6.45) is -2.62. The van der Waals surface area contributed by atoms with Crippen molar-refractivity contribution in [1.82, 2.24) is 19.0 Å². The van der Waals surface area contributed by atoms with Crippen molar-refractivity contribution in [3.05, 3.63) is 35.5 Å². The number of nitrogens with two attached hydrogens (primary N) is 1. The molecule has 8 nitrogen and oxygen atoms in total. The van der Waals surface area contributed by atoms with Gasteiger partial charge in [0.2, 0.25) is 0 Å². The Morgan fingerprint density at radius 1 is 1.32 bits per heavy atom. The first-order chi connectivity index (χ1) is 16.1. The fraction of sp³-hybridized carbons (Fsp3) is 0.435. The van der Waals surface area contributed by atoms with Crippen LogP contribution in [0.5, 0.6) is 5.75 Å². The molecule has 34 heavy (non-hydrogen) atoms. The standard InChI is InChI=1S/C23H23F3N6O2/c1-30-20-15(29-21(30)17-6-4-14(9-27)32(17)11-23(24,25)26)7-13(8-18(20)34-2)22(33)31-10-12-3-5-16(31)19(12)28/h4,6-8,12,16,19H,3,5,10-11,28H2,1-2H3/t12-,16-,19-/m1/s1. The third-order valence-corrected chi connectivity index (χ3v) is 6.98. The van der Waals surface area contributed by atoms with Crippen LogP contribution in [-0.2, 0) is 13.6 Å². The number of nitrogens with zero attached hydrogens (tertiary/aromatic N) is 5. The van der Waals surface area contributed by atoms with E-state index < -0.39 is 12.7 Å². The van der Waals surface area contributed by atoms with Crippen molar-refractivity contribution in [2.45, 2.75) is 37.6 Å². The number of ether oxygens (including phenoxy) is 1. The zero-order chi connectivity index (χ0) is 24.4. The number of aromatic nitrogens is 3. The molecule has 0 radical (unpaired) electrons. The summed E-state index contributed by atoms with van der Waals surface area (Å²) < 4.78 is 47.7. The topological polar surface area (TPSA) is 102 Å². The third-order valence-electron chi connectivity index (χ3n) is 6.98. The molecule has 1 aromatic carbocycles. The Morgan fingerprint density at radius 3 is 2.68 bits per heavy atom. The number of alkyl halides is 3. The average molecular weight is 472 g/mol. The summed E-state index contributed by atoms with van der Waals surface area (Å²) in [5.41, 5.74) is 7.61. The predicted octanol–water partition coefficient (Wildman–Crippen LogP) is 3.05. The molecule has 3 atom stereocenters. The maximum absolute atomic E-state index is 13.3. The van der Waals surface area contributed by atoms with E-state index in [0.717, 1.165) is 17.4 Å². The zero-order valence-electron chi connectivity index (χ0n) is 18.6. The van der Waals surface area contributed by atoms with Crippen LogP contribution in [0.3, 0.4) is 0 Å². The molecule has 0 spiro atoms. The lowest BCUT2D eigenvalue weighted by Crippen LogP contribution is -2.41. The van der Waals surface area contributed by atoms with Crippen molar-refractivity contribution in [3.63, 3.8) is 0 Å². The number of imidazole rings is 1. The van der Waals surface area contributed by atoms with Gasteiger partial charge in [0.15, 0.2) is 5.82 Å². The molecule has 2 fully saturated rings. The van der Waals surface area contributed by atoms with Crippen molar-refractivity contribution in [1.29, 1.82) is 5.26 Å². The first kappa shape index (κ1) is 22.3. The lowest BCUT2D eigenvalue weighted by molar-refractivity contribution is -0.140. The Morgan fingerprint density at radius 2 is 2.09 bits per heavy atom. The van der Waals surface area contributed by atoms with E-state index in [1.807, 2.05) is 0 Å². The molecule has 3 aromatic rings. The maximum atomic E-state index is 13.3. The number of amides is 1. The highest BCUT2D eigenvalue weighted by Gasteiger charge is 2.47. The summed E-state index contributed by atoms with van der Waals surface area (Å²) in [7, 11) is 3.12. The Labute approximate surface area is 193 Å². The minimum Gasteiger partial charge on any atom is -0.494 e. The maximum Gasteiger partial charge on any atom is 0.406 e. The fourth-order valence-electron chi connectivity index (χ4n) is 5.38. The average Bonchev–Trinajstić information content (AvgIpc) is 3.53. The molecule has 3 heterocycles. The van der Waals surface area contributed by atoms with Gasteiger partial charge in [-0.2, -0.15) is 18.4 Å². The van der Waals surface area contributed by atoms with Crippen LogP contribution in [-0.4, -0.2) is 56.8 Å². The van der Waals surface area contributed by atoms with Gasteiger partial charge < -0.3 is 24.5 Å². The van der Waals surface area contributed by atoms with E-state index in [-0.39, 0.29) is 35.2 Å². The quantitative estimate of drug-likeness (QED) is 0.629. The van der Waals surface area contributed by atoms with Gasteiger partial charge in [-0.15, -0.1) is 0 Å². The van der Waals surface area contributed by atoms with Crippen LogP contribution >= 0.6 is 0 Å². The van der Waals surface area contributed by atoms with Gasteiger partial charge in [-0.3, -0.25) is 4.79 Å². The normalized spacial score (nSPS) is 21.9. The molecule has 1 aliphatic heterocycles. The second kappa shape index (κ2) is 7.77. The van der Waals surface area contributed by atoms with Crippen molar-refractivity contribution in [3.8, 4) is 23.3 Å². The smallest absolute Gasteiger partial charge is 0.406 e. The van der Waals surface area contributed by atoms with E-state index in [0.29, 0.717) is 34.8 Å². The predicted molar refractivity (Wildman–Crippen MR) is 117 cm³/mol. The summed E-state index contributed by atoms with van der Waals surface area (Å²) in [6.45, 7) is -0.708. The highest BCUT2D eigenvalue weighted by atomic mass is 19.4. The van der Waals surface area contributed by atoms with Gasteiger partial charge in [-0.1, -0.05) is 0 Å². The molecule has 2 aliphatic rings. The van der Waals surface area contributed by atoms with Crippen molar-refractivity contribution >= 4 is 16.9 Å². The first-order valence-corrected chi connectivity index (χ1v) is 10.9. The van der Waals surface area contributed by atoms with E-state index in [1.54, 1.807) is 34.7 Å². The molecule has 1 amide bonds. The Bertz CT molecular complexity index is 1340. The van der Waals surface area contributed by atoms with Crippen LogP contribution in [0.2, 0.25) is 0 Å². The molecule has 5 rings (SSSR count). The summed E-state index contributed by atoms with van der Waals surface area (Å²) >= 11 is 0. The Hall–Kier alpha value is -3.52. The molecule has 1 saturated heterocycles. The van der Waals surface area contributed by atoms with Crippen LogP contribution < -0.4 is 10.5 Å². The first-order valence-electron chi connectivity index (χ1n) is 10.9. The summed E-state index contributed by atoms with van der Waals surface area (Å²) in [5, 5.41) is 9.30. The van der Waals surface area contributed by atoms with E-state index >= 15 is 0 Å². The van der Waals surface area contributed by atoms with Gasteiger partial charge in [0, 0.05) is 31.2 Å². The number of methoxy groups -OCH3 is 1. The lowest BCUT2D eigenvalue weighted by atomic mass is 10.1. The molecule has 2 aromatic heterocycles. The van der Waals surface area contributed by atoms with Gasteiger partial charge in [-0.25, -0.2) is 4.98 Å². The van der Waals surface area contributed by atoms with E-state index in [2.05, 4.69) is 4.98 Å². The van der Waals surface area contributed by atoms with Gasteiger partial charge in [0.1, 0.15) is 29.6 Å². The highest BCUT2D eigenvalue weighted by Crippen LogP contribution is 2.39. The molecular weight excluding hydrogens is 449 g/mol. The van der Waals surface area contributed by atoms with Gasteiger partial charge in [0.05, 0.1) is 18.3 Å². The van der Waals surface area contributed by atoms with Crippen LogP contribution in [0.4, 0.5) is 13.2 Å². The summed E-state index contributed by atoms with van der Waals surface area (Å²) in [5.74, 6) is 0.745. The van der Waals surface area contributed by atoms with E-state index in [1.165, 1.54) is 19.2 Å². The summed E-state index contributed by atoms with van der Waals surface area (Å²) in [6, 6.07) is 7.81. The van der Waals surface area contributed by atoms with Gasteiger partial charge in [0.25, 0.3) is 5.91 Å². The molecule has 1 saturated carbocycles. The number of benzene rings is 1. The Balaban J connectivity index is 1.60. The van der Waals surface area contributed by atoms with Gasteiger partial charge >= 0.3 is 6.18 Å². The van der Waals surface area contributed by atoms with Gasteiger partial charge in [-0.05, 0) is 43.0 Å². The lowest BCUT2D eigenvalue weighted by Gasteiger charge is -2.27. The van der Waals surface area contributed by atoms with E-state index in [4.69, 9.17) is 10.5 Å². The molecule has 2 N–H and O–H groups in total. The molecular formula is C23H23F3N6O2. The number of rotatable bonds is 4. The number of piperidine rings is 1. The second-order valence-electron chi connectivity index (χ2n) is 8.90. The number of likely N-dealkylation sites (tertiary alicyclic amines) is 1. The minimum atomic E-state index is -4.52. The number of fused-ring (bicyclic) bond motifs is 3. The molecule has 1 aliphatic carbocycles. The second-order valence-corrected chi connectivity index (χ2v) is 8.90. The largest absolute Gasteiger partial charge is 0.494 e. The number of aryl methyl sites for hydroxylation is 1. The molecule has 178 valence electrons. The number of hydrogen-bond acceptors (Lipinski definition) is 5. The van der Waals surface area contributed by atoms with Crippen molar-refractivity contribution in [2.24, 2.45) is 18.7 Å². The Kier molecular flexibility index (Phi) is 5.09. The number of carbonyl (C=O) groups is 1. The number of hydrogen-bond donors (Lipinski definition) is 1. The minimum absolute atomic E-state index is 0.00790. The zero-order valence-corrected chi connectivity index (χ0v) is 18.6. The van der Waals surface area contributed by atoms with Crippen LogP contribution in [0.1, 0.15) is 28.9 Å². The fourth-order valence-corrected chi connectivity index (χ4v) is 5.38. The van der Waals surface area contributed by atoms with Crippen LogP contribution in [0.25, 0.3) is 22.6 Å². The van der Waals surface area contributed by atoms with E-state index in [9.17, 15) is 23.2 Å².